The van der Waals surface area contributed by atoms with Crippen LogP contribution in [-0.4, -0.2) is 62.7 Å². The van der Waals surface area contributed by atoms with Crippen LogP contribution in [0.25, 0.3) is 11.5 Å². The van der Waals surface area contributed by atoms with Gasteiger partial charge in [-0.1, -0.05) is 158 Å². The molecule has 8 aromatic carbocycles. The SMILES string of the molecule is CC(=O)O.CC(=O)O.CC(=O)[O-].[Cl][Os][Cl].[NH-]Cc1ccccn1.[NH-]Cc1ccccn1.[Na+].[Os+].c1ccc([PH+](CCCC[PH+](c2ccccc2)c2ccccc2)c2ccccc2)cc1.c1ccc([PH+](CCCC[PH+](c2ccccc2)c2ccccc2)c2ccccc2)cc1. The number of rotatable bonds is 20. The molecule has 4 N–H and O–H groups in total. The van der Waals surface area contributed by atoms with Crippen molar-refractivity contribution in [2.75, 3.05) is 24.6 Å². The van der Waals surface area contributed by atoms with Gasteiger partial charge in [0.1, 0.15) is 0 Å². The van der Waals surface area contributed by atoms with Gasteiger partial charge in [0.05, 0.1) is 98.8 Å². The molecular weight excluding hydrogens is 1640 g/mol. The van der Waals surface area contributed by atoms with Gasteiger partial charge in [0.15, 0.2) is 0 Å². The summed E-state index contributed by atoms with van der Waals surface area (Å²) in [6.45, 7) is 3.70. The van der Waals surface area contributed by atoms with Crippen molar-refractivity contribution in [3.8, 4) is 0 Å². The molecule has 0 spiro atoms. The molecule has 10 nitrogen and oxygen atoms in total. The molecule has 10 aromatic rings. The van der Waals surface area contributed by atoms with Crippen molar-refractivity contribution in [1.82, 2.24) is 9.97 Å². The molecule has 19 heteroatoms. The predicted octanol–water partition coefficient (Wildman–Crippen LogP) is 11.6. The molecule has 1 radical (unpaired) electrons. The molecule has 93 heavy (non-hydrogen) atoms. The summed E-state index contributed by atoms with van der Waals surface area (Å²) < 4.78 is 0. The fourth-order valence-electron chi connectivity index (χ4n) is 9.15. The maximum atomic E-state index is 9.00. The van der Waals surface area contributed by atoms with Gasteiger partial charge in [-0.25, -0.2) is 0 Å². The van der Waals surface area contributed by atoms with Gasteiger partial charge in [0, 0.05) is 43.6 Å². The maximum Gasteiger partial charge on any atom is 1.00 e. The predicted molar refractivity (Wildman–Crippen MR) is 393 cm³/mol. The second kappa shape index (κ2) is 56.2. The number of pyridine rings is 2. The molecule has 2 aromatic heterocycles. The van der Waals surface area contributed by atoms with E-state index in [1.54, 1.807) is 12.4 Å². The van der Waals surface area contributed by atoms with E-state index in [1.165, 1.54) is 92.8 Å². The Bertz CT molecular complexity index is 2820. The van der Waals surface area contributed by atoms with E-state index in [2.05, 4.69) is 253 Å². The summed E-state index contributed by atoms with van der Waals surface area (Å²) in [6, 6.07) is 100. The maximum absolute atomic E-state index is 9.00. The number of carbonyl (C=O) groups excluding carboxylic acids is 1. The van der Waals surface area contributed by atoms with E-state index in [0.717, 1.165) is 32.2 Å². The van der Waals surface area contributed by atoms with Crippen LogP contribution in [0, 0.1) is 0 Å². The van der Waals surface area contributed by atoms with Gasteiger partial charge in [-0.2, -0.15) is 0 Å². The van der Waals surface area contributed by atoms with Crippen molar-refractivity contribution in [1.29, 1.82) is 0 Å². The molecule has 0 fully saturated rings. The Labute approximate surface area is 608 Å². The fourth-order valence-corrected chi connectivity index (χ4v) is 20.0. The molecule has 0 saturated carbocycles. The fraction of sp³-hybridized carbons (Fsp3) is 0.176. The van der Waals surface area contributed by atoms with Gasteiger partial charge >= 0.3 is 84.0 Å². The Morgan fingerprint density at radius 3 is 0.613 bits per heavy atom. The molecule has 0 amide bonds. The van der Waals surface area contributed by atoms with Crippen LogP contribution >= 0.6 is 51.0 Å². The minimum absolute atomic E-state index is 0. The average molecular weight is 1720 g/mol. The number of hydrogen-bond donors (Lipinski definition) is 2. The molecule has 10 rings (SSSR count). The number of aromatic nitrogens is 2. The number of nitrogens with zero attached hydrogens (tertiary/aromatic N) is 2. The first kappa shape index (κ1) is 86.0. The summed E-state index contributed by atoms with van der Waals surface area (Å²) in [5.74, 6) is -2.75. The van der Waals surface area contributed by atoms with Crippen molar-refractivity contribution in [2.45, 2.75) is 59.5 Å². The van der Waals surface area contributed by atoms with Crippen LogP contribution < -0.4 is 77.1 Å². The zero-order valence-electron chi connectivity index (χ0n) is 53.2. The largest absolute Gasteiger partial charge is 1.00 e. The quantitative estimate of drug-likeness (QED) is 0.0428. The Hall–Kier alpha value is -5.04. The molecule has 0 bridgehead atoms. The van der Waals surface area contributed by atoms with E-state index < -0.39 is 65.0 Å². The molecule has 0 aliphatic heterocycles. The number of carboxylic acids is 3. The molecule has 0 aliphatic rings. The number of carbonyl (C=O) groups is 3. The van der Waals surface area contributed by atoms with Gasteiger partial charge in [-0.05, 0) is 154 Å². The van der Waals surface area contributed by atoms with Gasteiger partial charge in [0.25, 0.3) is 11.9 Å². The number of aliphatic carboxylic acids is 3. The molecule has 0 aliphatic carbocycles. The Morgan fingerprint density at radius 1 is 0.366 bits per heavy atom. The molecule has 0 saturated heterocycles. The van der Waals surface area contributed by atoms with Crippen LogP contribution in [0.3, 0.4) is 0 Å². The first-order chi connectivity index (χ1) is 44.3. The Kier molecular flexibility index (Phi) is 51.9. The second-order valence-electron chi connectivity index (χ2n) is 19.8. The summed E-state index contributed by atoms with van der Waals surface area (Å²) in [5.41, 5.74) is 15.4. The van der Waals surface area contributed by atoms with E-state index in [-0.39, 0.29) is 62.4 Å². The summed E-state index contributed by atoms with van der Waals surface area (Å²) in [7, 11) is 6.95. The number of halogens is 2. The molecule has 0 atom stereocenters. The minimum Gasteiger partial charge on any atom is -0.672 e. The monoisotopic (exact) mass is 1730 g/mol. The van der Waals surface area contributed by atoms with E-state index in [9.17, 15) is 0 Å². The van der Waals surface area contributed by atoms with Gasteiger partial charge in [0.2, 0.25) is 0 Å². The summed E-state index contributed by atoms with van der Waals surface area (Å²) in [6.07, 6.45) is 13.8. The third kappa shape index (κ3) is 40.2. The zero-order chi connectivity index (χ0) is 65.9. The zero-order valence-corrected chi connectivity index (χ0v) is 65.8. The van der Waals surface area contributed by atoms with E-state index in [1.807, 2.05) is 36.4 Å². The van der Waals surface area contributed by atoms with Crippen molar-refractivity contribution >= 4 is 111 Å². The van der Waals surface area contributed by atoms with Crippen LogP contribution in [0.15, 0.2) is 291 Å². The Balaban J connectivity index is 0.000000632. The van der Waals surface area contributed by atoms with E-state index in [4.69, 9.17) is 60.4 Å². The van der Waals surface area contributed by atoms with Crippen molar-refractivity contribution < 1.29 is 94.5 Å². The third-order valence-electron chi connectivity index (χ3n) is 13.0. The number of unbranched alkanes of at least 4 members (excludes halogenated alkanes) is 2. The summed E-state index contributed by atoms with van der Waals surface area (Å²) in [4.78, 5) is 34.7. The number of carboxylic acid groups (broad SMARTS) is 3. The molecular formula is C74H85Cl2N4NaO6Os2P4+3. The second-order valence-corrected chi connectivity index (χ2v) is 33.9. The molecule has 485 valence electrons. The summed E-state index contributed by atoms with van der Waals surface area (Å²) >= 11 is -0.639. The van der Waals surface area contributed by atoms with Crippen LogP contribution in [0.5, 0.6) is 0 Å². The number of hydrogen-bond acceptors (Lipinski definition) is 6. The summed E-state index contributed by atoms with van der Waals surface area (Å²) in [5, 5.41) is 36.0. The smallest absolute Gasteiger partial charge is 0.672 e. The van der Waals surface area contributed by atoms with Crippen molar-refractivity contribution in [3.05, 3.63) is 314 Å². The first-order valence-corrected chi connectivity index (χ1v) is 42.8. The van der Waals surface area contributed by atoms with Crippen LogP contribution in [0.2, 0.25) is 0 Å². The van der Waals surface area contributed by atoms with Crippen molar-refractivity contribution in [3.63, 3.8) is 0 Å². The van der Waals surface area contributed by atoms with Crippen LogP contribution in [0.4, 0.5) is 0 Å². The normalized spacial score (nSPS) is 9.80. The number of nitrogens with one attached hydrogen (secondary N) is 2. The van der Waals surface area contributed by atoms with Crippen LogP contribution in [0.1, 0.15) is 57.8 Å². The molecule has 0 unspecified atom stereocenters. The van der Waals surface area contributed by atoms with E-state index >= 15 is 0 Å². The van der Waals surface area contributed by atoms with Gasteiger partial charge in [-0.3, -0.25) is 19.6 Å². The molecule has 2 heterocycles. The Morgan fingerprint density at radius 2 is 0.505 bits per heavy atom. The minimum atomic E-state index is -1.08. The van der Waals surface area contributed by atoms with E-state index in [0.29, 0.717) is 0 Å². The third-order valence-corrected chi connectivity index (χ3v) is 24.7. The van der Waals surface area contributed by atoms with Crippen LogP contribution in [-0.2, 0) is 62.7 Å². The van der Waals surface area contributed by atoms with Crippen molar-refractivity contribution in [2.24, 2.45) is 0 Å². The first-order valence-electron chi connectivity index (χ1n) is 29.7. The topological polar surface area (TPSA) is 188 Å². The van der Waals surface area contributed by atoms with Gasteiger partial charge in [-0.15, -0.1) is 13.1 Å². The number of benzene rings is 8. The standard InChI is InChI=1S/2C28H28P2.2C6H7N2.3C2H4O2.2ClH.Na.2Os/c2*1-5-15-25(16-6-1)29(26-17-7-2-8-18-26)23-13-14-24-30(27-19-9-3-10-20-27)28-21-11-4-12-22-28;2*7-5-6-3-1-2-4-8-6;3*1-2(3)4;;;;;/h2*1-12,15-22H,13-14,23-24H2;2*1-4,7H,5H2;3*1H3,(H,3,4);2*1H;;;/q;;2*-1;;;;;;2*+1;+2/p+1. The van der Waals surface area contributed by atoms with Gasteiger partial charge < -0.3 is 31.6 Å². The average Bonchev–Trinajstić information content (AvgIpc) is 1.09.